The molecule has 1 aliphatic rings. The molecule has 0 aromatic heterocycles. The van der Waals surface area contributed by atoms with Gasteiger partial charge in [-0.3, -0.25) is 4.79 Å². The SMILES string of the molecule is C[C@H](C(=O)[O-])c1ccc(C[C@H]2CCCC2=O)cc1. The Morgan fingerprint density at radius 2 is 2.06 bits per heavy atom. The molecule has 2 atom stereocenters. The maximum absolute atomic E-state index is 11.6. The molecule has 18 heavy (non-hydrogen) atoms. The third kappa shape index (κ3) is 2.78. The van der Waals surface area contributed by atoms with E-state index in [0.717, 1.165) is 30.4 Å². The topological polar surface area (TPSA) is 57.2 Å². The number of rotatable bonds is 4. The van der Waals surface area contributed by atoms with Crippen molar-refractivity contribution in [2.75, 3.05) is 0 Å². The third-order valence-electron chi connectivity index (χ3n) is 3.75. The van der Waals surface area contributed by atoms with Crippen molar-refractivity contribution in [2.45, 2.75) is 38.5 Å². The van der Waals surface area contributed by atoms with Crippen molar-refractivity contribution in [2.24, 2.45) is 5.92 Å². The van der Waals surface area contributed by atoms with Gasteiger partial charge in [-0.1, -0.05) is 31.2 Å². The fourth-order valence-electron chi connectivity index (χ4n) is 2.47. The van der Waals surface area contributed by atoms with Crippen molar-refractivity contribution in [3.05, 3.63) is 35.4 Å². The van der Waals surface area contributed by atoms with Crippen molar-refractivity contribution < 1.29 is 14.7 Å². The summed E-state index contributed by atoms with van der Waals surface area (Å²) in [5.41, 5.74) is 1.85. The average Bonchev–Trinajstić information content (AvgIpc) is 2.75. The van der Waals surface area contributed by atoms with Crippen LogP contribution in [0.15, 0.2) is 24.3 Å². The number of benzene rings is 1. The predicted octanol–water partition coefficient (Wildman–Crippen LogP) is 1.45. The summed E-state index contributed by atoms with van der Waals surface area (Å²) in [5.74, 6) is -1.13. The Hall–Kier alpha value is -1.64. The van der Waals surface area contributed by atoms with Crippen LogP contribution in [0.4, 0.5) is 0 Å². The lowest BCUT2D eigenvalue weighted by molar-refractivity contribution is -0.307. The summed E-state index contributed by atoms with van der Waals surface area (Å²) in [5, 5.41) is 10.8. The number of carbonyl (C=O) groups excluding carboxylic acids is 2. The minimum Gasteiger partial charge on any atom is -0.550 e. The van der Waals surface area contributed by atoms with Crippen LogP contribution in [-0.2, 0) is 16.0 Å². The summed E-state index contributed by atoms with van der Waals surface area (Å²) in [6.45, 7) is 1.62. The highest BCUT2D eigenvalue weighted by molar-refractivity contribution is 5.83. The normalized spacial score (nSPS) is 20.9. The second kappa shape index (κ2) is 5.34. The molecule has 0 heterocycles. The maximum atomic E-state index is 11.6. The summed E-state index contributed by atoms with van der Waals surface area (Å²) in [7, 11) is 0. The van der Waals surface area contributed by atoms with E-state index in [0.29, 0.717) is 12.2 Å². The first kappa shape index (κ1) is 12.8. The molecule has 0 amide bonds. The Morgan fingerprint density at radius 1 is 1.39 bits per heavy atom. The van der Waals surface area contributed by atoms with Gasteiger partial charge in [0.25, 0.3) is 0 Å². The number of carboxylic acids is 1. The van der Waals surface area contributed by atoms with Crippen LogP contribution < -0.4 is 5.11 Å². The molecule has 1 aliphatic carbocycles. The summed E-state index contributed by atoms with van der Waals surface area (Å²) >= 11 is 0. The highest BCUT2D eigenvalue weighted by Gasteiger charge is 2.24. The Bertz CT molecular complexity index is 447. The molecule has 1 aromatic rings. The first-order valence-corrected chi connectivity index (χ1v) is 6.40. The standard InChI is InChI=1S/C15H18O3/c1-10(15(17)18)12-7-5-11(6-8-12)9-13-3-2-4-14(13)16/h5-8,10,13H,2-4,9H2,1H3,(H,17,18)/p-1/t10-,13+/m0/s1. The second-order valence-corrected chi connectivity index (χ2v) is 5.04. The van der Waals surface area contributed by atoms with Gasteiger partial charge in [0.1, 0.15) is 5.78 Å². The van der Waals surface area contributed by atoms with Gasteiger partial charge in [-0.2, -0.15) is 0 Å². The van der Waals surface area contributed by atoms with Gasteiger partial charge in [-0.15, -0.1) is 0 Å². The van der Waals surface area contributed by atoms with Gasteiger partial charge >= 0.3 is 0 Å². The summed E-state index contributed by atoms with van der Waals surface area (Å²) < 4.78 is 0. The molecule has 1 fully saturated rings. The second-order valence-electron chi connectivity index (χ2n) is 5.04. The van der Waals surface area contributed by atoms with Crippen LogP contribution in [0.3, 0.4) is 0 Å². The number of aliphatic carboxylic acids is 1. The highest BCUT2D eigenvalue weighted by atomic mass is 16.4. The Balaban J connectivity index is 2.03. The molecule has 0 radical (unpaired) electrons. The van der Waals surface area contributed by atoms with Crippen molar-refractivity contribution in [1.82, 2.24) is 0 Å². The van der Waals surface area contributed by atoms with Crippen LogP contribution in [0.25, 0.3) is 0 Å². The van der Waals surface area contributed by atoms with E-state index in [1.165, 1.54) is 0 Å². The maximum Gasteiger partial charge on any atom is 0.136 e. The lowest BCUT2D eigenvalue weighted by atomic mass is 9.94. The van der Waals surface area contributed by atoms with Crippen molar-refractivity contribution in [3.63, 3.8) is 0 Å². The van der Waals surface area contributed by atoms with E-state index in [2.05, 4.69) is 0 Å². The summed E-state index contributed by atoms with van der Waals surface area (Å²) in [4.78, 5) is 22.3. The van der Waals surface area contributed by atoms with Gasteiger partial charge in [-0.05, 0) is 30.4 Å². The van der Waals surface area contributed by atoms with Crippen LogP contribution in [0, 0.1) is 5.92 Å². The van der Waals surface area contributed by atoms with E-state index in [-0.39, 0.29) is 5.92 Å². The summed E-state index contributed by atoms with van der Waals surface area (Å²) in [6.07, 6.45) is 3.47. The van der Waals surface area contributed by atoms with Crippen LogP contribution in [0.1, 0.15) is 43.2 Å². The van der Waals surface area contributed by atoms with Gasteiger partial charge < -0.3 is 9.90 Å². The molecule has 96 valence electrons. The smallest absolute Gasteiger partial charge is 0.136 e. The van der Waals surface area contributed by atoms with Gasteiger partial charge in [-0.25, -0.2) is 0 Å². The number of hydrogen-bond donors (Lipinski definition) is 0. The van der Waals surface area contributed by atoms with Crippen LogP contribution >= 0.6 is 0 Å². The number of hydrogen-bond acceptors (Lipinski definition) is 3. The fourth-order valence-corrected chi connectivity index (χ4v) is 2.47. The van der Waals surface area contributed by atoms with Crippen LogP contribution in [-0.4, -0.2) is 11.8 Å². The molecular weight excluding hydrogens is 228 g/mol. The first-order valence-electron chi connectivity index (χ1n) is 6.40. The average molecular weight is 245 g/mol. The zero-order chi connectivity index (χ0) is 13.1. The third-order valence-corrected chi connectivity index (χ3v) is 3.75. The van der Waals surface area contributed by atoms with E-state index >= 15 is 0 Å². The number of ketones is 1. The first-order chi connectivity index (χ1) is 8.58. The summed E-state index contributed by atoms with van der Waals surface area (Å²) in [6, 6.07) is 7.46. The molecule has 1 aromatic carbocycles. The minimum atomic E-state index is -1.06. The molecule has 0 N–H and O–H groups in total. The fraction of sp³-hybridized carbons (Fsp3) is 0.467. The predicted molar refractivity (Wildman–Crippen MR) is 65.9 cm³/mol. The van der Waals surface area contributed by atoms with E-state index in [1.807, 2.05) is 24.3 Å². The van der Waals surface area contributed by atoms with Crippen LogP contribution in [0.2, 0.25) is 0 Å². The van der Waals surface area contributed by atoms with Gasteiger partial charge in [0.15, 0.2) is 0 Å². The minimum absolute atomic E-state index is 0.161. The molecule has 1 saturated carbocycles. The van der Waals surface area contributed by atoms with E-state index in [9.17, 15) is 14.7 Å². The van der Waals surface area contributed by atoms with E-state index in [4.69, 9.17) is 0 Å². The van der Waals surface area contributed by atoms with Crippen molar-refractivity contribution >= 4 is 11.8 Å². The van der Waals surface area contributed by atoms with Crippen molar-refractivity contribution in [3.8, 4) is 0 Å². The molecule has 0 saturated heterocycles. The van der Waals surface area contributed by atoms with Gasteiger partial charge in [0.2, 0.25) is 0 Å². The van der Waals surface area contributed by atoms with Gasteiger partial charge in [0, 0.05) is 24.2 Å². The quantitative estimate of drug-likeness (QED) is 0.806. The largest absolute Gasteiger partial charge is 0.550 e. The molecule has 0 aliphatic heterocycles. The van der Waals surface area contributed by atoms with E-state index in [1.54, 1.807) is 6.92 Å². The number of carboxylic acid groups (broad SMARTS) is 1. The Morgan fingerprint density at radius 3 is 2.56 bits per heavy atom. The molecule has 3 heteroatoms. The molecule has 0 bridgehead atoms. The Kier molecular flexibility index (Phi) is 3.80. The zero-order valence-electron chi connectivity index (χ0n) is 10.5. The van der Waals surface area contributed by atoms with Crippen LogP contribution in [0.5, 0.6) is 0 Å². The lowest BCUT2D eigenvalue weighted by Crippen LogP contribution is -2.27. The zero-order valence-corrected chi connectivity index (χ0v) is 10.5. The highest BCUT2D eigenvalue weighted by Crippen LogP contribution is 2.25. The monoisotopic (exact) mass is 245 g/mol. The number of carbonyl (C=O) groups is 2. The molecular formula is C15H17O3-. The number of Topliss-reactive ketones (excluding diaryl/α,β-unsaturated/α-hetero) is 1. The van der Waals surface area contributed by atoms with E-state index < -0.39 is 11.9 Å². The van der Waals surface area contributed by atoms with Gasteiger partial charge in [0.05, 0.1) is 0 Å². The molecule has 3 nitrogen and oxygen atoms in total. The molecule has 0 spiro atoms. The lowest BCUT2D eigenvalue weighted by Gasteiger charge is -2.14. The molecule has 2 rings (SSSR count). The molecule has 0 unspecified atom stereocenters. The Labute approximate surface area is 107 Å². The van der Waals surface area contributed by atoms with Crippen molar-refractivity contribution in [1.29, 1.82) is 0 Å².